The number of rotatable bonds is 0. The number of fused-ring (bicyclic) bond motifs is 6. The Balaban J connectivity index is 2.12. The van der Waals surface area contributed by atoms with E-state index in [0.717, 1.165) is 12.8 Å². The average Bonchev–Trinajstić information content (AvgIpc) is 2.76. The minimum absolute atomic E-state index is 0.130. The summed E-state index contributed by atoms with van der Waals surface area (Å²) in [7, 11) is 0. The summed E-state index contributed by atoms with van der Waals surface area (Å²) in [6, 6.07) is 15.3. The second-order valence-electron chi connectivity index (χ2n) is 6.51. The van der Waals surface area contributed by atoms with Crippen molar-refractivity contribution < 1.29 is 5.11 Å². The fourth-order valence-corrected chi connectivity index (χ4v) is 4.63. The standard InChI is InChI=1S/C19H20O/c1-12-6-5-9-15-13-7-3-4-8-14(13)16-10-11-17(20)19(16,2)18(12)15/h3-9,16-17,20H,10-11H2,1-2H3/t16-,17-,19-/m1/s1. The van der Waals surface area contributed by atoms with Crippen LogP contribution in [0.25, 0.3) is 11.1 Å². The van der Waals surface area contributed by atoms with Gasteiger partial charge in [0.2, 0.25) is 0 Å². The molecule has 2 aromatic rings. The lowest BCUT2D eigenvalue weighted by Crippen LogP contribution is -2.39. The van der Waals surface area contributed by atoms with E-state index in [1.54, 1.807) is 0 Å². The monoisotopic (exact) mass is 264 g/mol. The Labute approximate surface area is 120 Å². The second kappa shape index (κ2) is 3.95. The zero-order chi connectivity index (χ0) is 13.9. The van der Waals surface area contributed by atoms with Crippen molar-refractivity contribution in [1.82, 2.24) is 0 Å². The fourth-order valence-electron chi connectivity index (χ4n) is 4.63. The van der Waals surface area contributed by atoms with E-state index in [1.165, 1.54) is 27.8 Å². The highest BCUT2D eigenvalue weighted by Gasteiger charge is 2.52. The van der Waals surface area contributed by atoms with Crippen LogP contribution in [0.3, 0.4) is 0 Å². The maximum Gasteiger partial charge on any atom is 0.0640 e. The molecule has 102 valence electrons. The van der Waals surface area contributed by atoms with Crippen LogP contribution in [0, 0.1) is 6.92 Å². The highest BCUT2D eigenvalue weighted by molar-refractivity contribution is 5.78. The molecule has 20 heavy (non-hydrogen) atoms. The van der Waals surface area contributed by atoms with E-state index in [-0.39, 0.29) is 11.5 Å². The van der Waals surface area contributed by atoms with Crippen molar-refractivity contribution in [2.45, 2.75) is 44.1 Å². The summed E-state index contributed by atoms with van der Waals surface area (Å²) >= 11 is 0. The molecule has 0 aromatic heterocycles. The first-order valence-corrected chi connectivity index (χ1v) is 7.51. The Morgan fingerprint density at radius 3 is 2.60 bits per heavy atom. The van der Waals surface area contributed by atoms with Gasteiger partial charge in [-0.1, -0.05) is 49.4 Å². The summed E-state index contributed by atoms with van der Waals surface area (Å²) in [6.07, 6.45) is 1.76. The Hall–Kier alpha value is -1.60. The quantitative estimate of drug-likeness (QED) is 0.757. The molecule has 0 unspecified atom stereocenters. The summed E-state index contributed by atoms with van der Waals surface area (Å²) in [5, 5.41) is 10.7. The Morgan fingerprint density at radius 2 is 1.75 bits per heavy atom. The molecule has 0 bridgehead atoms. The SMILES string of the molecule is Cc1cccc2c1[C@@]1(C)[C@H](O)CC[C@@H]1c1ccccc1-2. The summed E-state index contributed by atoms with van der Waals surface area (Å²) in [5.74, 6) is 0.447. The zero-order valence-corrected chi connectivity index (χ0v) is 12.1. The van der Waals surface area contributed by atoms with Gasteiger partial charge in [0.05, 0.1) is 6.10 Å². The molecule has 0 amide bonds. The first-order valence-electron chi connectivity index (χ1n) is 7.51. The molecule has 2 aliphatic carbocycles. The summed E-state index contributed by atoms with van der Waals surface area (Å²) in [5.41, 5.74) is 6.65. The van der Waals surface area contributed by atoms with E-state index in [2.05, 4.69) is 56.3 Å². The third-order valence-electron chi connectivity index (χ3n) is 5.58. The Kier molecular flexibility index (Phi) is 2.41. The van der Waals surface area contributed by atoms with Gasteiger partial charge in [-0.05, 0) is 53.5 Å². The maximum absolute atomic E-state index is 10.7. The van der Waals surface area contributed by atoms with Crippen LogP contribution < -0.4 is 0 Å². The molecule has 0 heterocycles. The van der Waals surface area contributed by atoms with Crippen LogP contribution in [0.4, 0.5) is 0 Å². The highest BCUT2D eigenvalue weighted by atomic mass is 16.3. The number of aliphatic hydroxyl groups is 1. The van der Waals surface area contributed by atoms with Gasteiger partial charge in [-0.15, -0.1) is 0 Å². The van der Waals surface area contributed by atoms with Crippen molar-refractivity contribution >= 4 is 0 Å². The van der Waals surface area contributed by atoms with Crippen molar-refractivity contribution in [1.29, 1.82) is 0 Å². The molecule has 1 N–H and O–H groups in total. The third kappa shape index (κ3) is 1.31. The zero-order valence-electron chi connectivity index (χ0n) is 12.1. The van der Waals surface area contributed by atoms with E-state index in [0.29, 0.717) is 5.92 Å². The summed E-state index contributed by atoms with van der Waals surface area (Å²) in [4.78, 5) is 0. The van der Waals surface area contributed by atoms with Crippen LogP contribution in [-0.4, -0.2) is 11.2 Å². The van der Waals surface area contributed by atoms with Gasteiger partial charge in [0.1, 0.15) is 0 Å². The van der Waals surface area contributed by atoms with E-state index >= 15 is 0 Å². The molecule has 1 heteroatoms. The minimum Gasteiger partial charge on any atom is -0.392 e. The van der Waals surface area contributed by atoms with Crippen LogP contribution in [0.15, 0.2) is 42.5 Å². The maximum atomic E-state index is 10.7. The van der Waals surface area contributed by atoms with Crippen LogP contribution in [-0.2, 0) is 5.41 Å². The fraction of sp³-hybridized carbons (Fsp3) is 0.368. The van der Waals surface area contributed by atoms with E-state index in [1.807, 2.05) is 0 Å². The molecule has 4 rings (SSSR count). The molecule has 2 aromatic carbocycles. The Bertz CT molecular complexity index is 688. The van der Waals surface area contributed by atoms with E-state index in [9.17, 15) is 5.11 Å². The number of hydrogen-bond acceptors (Lipinski definition) is 1. The first-order chi connectivity index (χ1) is 9.64. The molecule has 0 aliphatic heterocycles. The van der Waals surface area contributed by atoms with Crippen LogP contribution in [0.1, 0.15) is 42.4 Å². The Morgan fingerprint density at radius 1 is 1.00 bits per heavy atom. The number of hydrogen-bond donors (Lipinski definition) is 1. The van der Waals surface area contributed by atoms with Crippen molar-refractivity contribution in [3.63, 3.8) is 0 Å². The summed E-state index contributed by atoms with van der Waals surface area (Å²) in [6.45, 7) is 4.44. The average molecular weight is 264 g/mol. The van der Waals surface area contributed by atoms with Crippen LogP contribution in [0.5, 0.6) is 0 Å². The molecule has 0 saturated heterocycles. The van der Waals surface area contributed by atoms with Gasteiger partial charge in [0.25, 0.3) is 0 Å². The molecular weight excluding hydrogens is 244 g/mol. The molecule has 1 nitrogen and oxygen atoms in total. The molecule has 0 radical (unpaired) electrons. The van der Waals surface area contributed by atoms with Gasteiger partial charge in [-0.3, -0.25) is 0 Å². The topological polar surface area (TPSA) is 20.2 Å². The molecule has 3 atom stereocenters. The third-order valence-corrected chi connectivity index (χ3v) is 5.58. The lowest BCUT2D eigenvalue weighted by Gasteiger charge is -2.42. The van der Waals surface area contributed by atoms with Crippen LogP contribution >= 0.6 is 0 Å². The smallest absolute Gasteiger partial charge is 0.0640 e. The van der Waals surface area contributed by atoms with Crippen molar-refractivity contribution in [3.05, 3.63) is 59.2 Å². The largest absolute Gasteiger partial charge is 0.392 e. The molecule has 1 fully saturated rings. The van der Waals surface area contributed by atoms with Crippen molar-refractivity contribution in [3.8, 4) is 11.1 Å². The lowest BCUT2D eigenvalue weighted by molar-refractivity contribution is 0.109. The molecular formula is C19H20O. The number of aryl methyl sites for hydroxylation is 1. The molecule has 1 saturated carbocycles. The van der Waals surface area contributed by atoms with E-state index < -0.39 is 0 Å². The predicted octanol–water partition coefficient (Wildman–Crippen LogP) is 4.17. The normalized spacial score (nSPS) is 30.6. The number of aliphatic hydroxyl groups excluding tert-OH is 1. The summed E-state index contributed by atoms with van der Waals surface area (Å²) < 4.78 is 0. The van der Waals surface area contributed by atoms with Crippen molar-refractivity contribution in [2.75, 3.05) is 0 Å². The second-order valence-corrected chi connectivity index (χ2v) is 6.51. The minimum atomic E-state index is -0.235. The van der Waals surface area contributed by atoms with Gasteiger partial charge < -0.3 is 5.11 Å². The van der Waals surface area contributed by atoms with Gasteiger partial charge in [0, 0.05) is 5.41 Å². The van der Waals surface area contributed by atoms with Gasteiger partial charge in [-0.25, -0.2) is 0 Å². The molecule has 0 spiro atoms. The first kappa shape index (κ1) is 12.2. The van der Waals surface area contributed by atoms with E-state index in [4.69, 9.17) is 0 Å². The van der Waals surface area contributed by atoms with Gasteiger partial charge in [0.15, 0.2) is 0 Å². The van der Waals surface area contributed by atoms with Crippen molar-refractivity contribution in [2.24, 2.45) is 0 Å². The number of benzene rings is 2. The highest BCUT2D eigenvalue weighted by Crippen LogP contribution is 2.58. The molecule has 2 aliphatic rings. The predicted molar refractivity (Wildman–Crippen MR) is 81.9 cm³/mol. The van der Waals surface area contributed by atoms with Gasteiger partial charge in [-0.2, -0.15) is 0 Å². The van der Waals surface area contributed by atoms with Crippen LogP contribution in [0.2, 0.25) is 0 Å². The lowest BCUT2D eigenvalue weighted by atomic mass is 9.62. The van der Waals surface area contributed by atoms with Gasteiger partial charge >= 0.3 is 0 Å².